The molecule has 0 fully saturated rings. The van der Waals surface area contributed by atoms with Gasteiger partial charge in [0.25, 0.3) is 5.91 Å². The van der Waals surface area contributed by atoms with E-state index in [4.69, 9.17) is 4.74 Å². The first kappa shape index (κ1) is 19.0. The maximum Gasteiger partial charge on any atom is 0.261 e. The van der Waals surface area contributed by atoms with Crippen LogP contribution in [-0.2, 0) is 4.79 Å². The number of hydrogen-bond acceptors (Lipinski definition) is 2. The molecule has 0 aliphatic rings. The number of carbonyl (C=O) groups is 1. The van der Waals surface area contributed by atoms with Crippen LogP contribution in [0.5, 0.6) is 5.75 Å². The van der Waals surface area contributed by atoms with E-state index in [1.54, 1.807) is 6.92 Å². The standard InChI is InChI=1S/C22H29NO2/c1-13-8-9-14(2)21(10-13)25-19(7)22(24)23-18(6)20-12-16(4)15(3)11-17(20)5/h8-12,18-19H,1-7H3,(H,23,24)/t18-,19-/m0/s1. The molecule has 0 aromatic heterocycles. The second kappa shape index (κ2) is 7.73. The molecule has 3 heteroatoms. The molecule has 2 aromatic carbocycles. The van der Waals surface area contributed by atoms with Gasteiger partial charge in [0, 0.05) is 0 Å². The molecule has 25 heavy (non-hydrogen) atoms. The van der Waals surface area contributed by atoms with Crippen molar-refractivity contribution in [3.05, 3.63) is 63.7 Å². The maximum absolute atomic E-state index is 12.6. The highest BCUT2D eigenvalue weighted by atomic mass is 16.5. The van der Waals surface area contributed by atoms with Crippen LogP contribution in [0.15, 0.2) is 30.3 Å². The van der Waals surface area contributed by atoms with Gasteiger partial charge < -0.3 is 10.1 Å². The van der Waals surface area contributed by atoms with E-state index in [1.165, 1.54) is 16.7 Å². The van der Waals surface area contributed by atoms with Crippen molar-refractivity contribution in [2.75, 3.05) is 0 Å². The van der Waals surface area contributed by atoms with Crippen LogP contribution in [0.4, 0.5) is 0 Å². The number of rotatable bonds is 5. The van der Waals surface area contributed by atoms with Crippen molar-refractivity contribution < 1.29 is 9.53 Å². The van der Waals surface area contributed by atoms with Gasteiger partial charge in [-0.15, -0.1) is 0 Å². The minimum atomic E-state index is -0.546. The minimum Gasteiger partial charge on any atom is -0.481 e. The molecule has 0 unspecified atom stereocenters. The summed E-state index contributed by atoms with van der Waals surface area (Å²) < 4.78 is 5.89. The molecule has 0 bridgehead atoms. The van der Waals surface area contributed by atoms with Crippen molar-refractivity contribution >= 4 is 5.91 Å². The van der Waals surface area contributed by atoms with E-state index in [-0.39, 0.29) is 11.9 Å². The highest BCUT2D eigenvalue weighted by Gasteiger charge is 2.19. The van der Waals surface area contributed by atoms with E-state index in [9.17, 15) is 4.79 Å². The Morgan fingerprint density at radius 3 is 2.20 bits per heavy atom. The van der Waals surface area contributed by atoms with E-state index in [0.717, 1.165) is 22.4 Å². The Morgan fingerprint density at radius 2 is 1.52 bits per heavy atom. The highest BCUT2D eigenvalue weighted by molar-refractivity contribution is 5.81. The summed E-state index contributed by atoms with van der Waals surface area (Å²) in [5.74, 6) is 0.656. The Bertz CT molecular complexity index is 780. The molecule has 3 nitrogen and oxygen atoms in total. The molecule has 2 aromatic rings. The van der Waals surface area contributed by atoms with Crippen LogP contribution in [0.25, 0.3) is 0 Å². The minimum absolute atomic E-state index is 0.0588. The molecular formula is C22H29NO2. The summed E-state index contributed by atoms with van der Waals surface area (Å²) in [7, 11) is 0. The van der Waals surface area contributed by atoms with Gasteiger partial charge in [-0.3, -0.25) is 4.79 Å². The Morgan fingerprint density at radius 1 is 0.880 bits per heavy atom. The van der Waals surface area contributed by atoms with Crippen LogP contribution in [-0.4, -0.2) is 12.0 Å². The molecular weight excluding hydrogens is 310 g/mol. The summed E-state index contributed by atoms with van der Waals surface area (Å²) in [6.07, 6.45) is -0.546. The normalized spacial score (nSPS) is 13.2. The average molecular weight is 339 g/mol. The number of carbonyl (C=O) groups excluding carboxylic acids is 1. The van der Waals surface area contributed by atoms with Crippen LogP contribution >= 0.6 is 0 Å². The van der Waals surface area contributed by atoms with Crippen molar-refractivity contribution in [3.63, 3.8) is 0 Å². The molecule has 1 amide bonds. The summed E-state index contributed by atoms with van der Waals surface area (Å²) in [6, 6.07) is 10.3. The van der Waals surface area contributed by atoms with Crippen molar-refractivity contribution in [1.29, 1.82) is 0 Å². The zero-order valence-corrected chi connectivity index (χ0v) is 16.4. The van der Waals surface area contributed by atoms with Crippen molar-refractivity contribution in [2.24, 2.45) is 0 Å². The fourth-order valence-electron chi connectivity index (χ4n) is 2.94. The predicted molar refractivity (Wildman–Crippen MR) is 103 cm³/mol. The lowest BCUT2D eigenvalue weighted by atomic mass is 9.96. The van der Waals surface area contributed by atoms with E-state index < -0.39 is 6.10 Å². The number of hydrogen-bond donors (Lipinski definition) is 1. The molecule has 1 N–H and O–H groups in total. The highest BCUT2D eigenvalue weighted by Crippen LogP contribution is 2.23. The molecule has 134 valence electrons. The number of aryl methyl sites for hydroxylation is 5. The lowest BCUT2D eigenvalue weighted by Gasteiger charge is -2.22. The van der Waals surface area contributed by atoms with Gasteiger partial charge in [0.2, 0.25) is 0 Å². The third-order valence-electron chi connectivity index (χ3n) is 4.72. The lowest BCUT2D eigenvalue weighted by molar-refractivity contribution is -0.127. The van der Waals surface area contributed by atoms with E-state index in [1.807, 2.05) is 39.0 Å². The molecule has 0 spiro atoms. The van der Waals surface area contributed by atoms with Crippen molar-refractivity contribution in [3.8, 4) is 5.75 Å². The zero-order valence-electron chi connectivity index (χ0n) is 16.4. The van der Waals surface area contributed by atoms with Gasteiger partial charge in [0.1, 0.15) is 5.75 Å². The van der Waals surface area contributed by atoms with Crippen LogP contribution in [0.2, 0.25) is 0 Å². The van der Waals surface area contributed by atoms with Crippen LogP contribution in [0.1, 0.15) is 53.3 Å². The van der Waals surface area contributed by atoms with Gasteiger partial charge in [-0.05, 0) is 87.9 Å². The second-order valence-corrected chi connectivity index (χ2v) is 7.05. The monoisotopic (exact) mass is 339 g/mol. The SMILES string of the molecule is Cc1ccc(C)c(O[C@@H](C)C(=O)N[C@@H](C)c2cc(C)c(C)cc2C)c1. The molecule has 0 aliphatic heterocycles. The summed E-state index contributed by atoms with van der Waals surface area (Å²) in [5.41, 5.74) is 7.00. The molecule has 2 rings (SSSR count). The average Bonchev–Trinajstić information content (AvgIpc) is 2.54. The Labute approximate surface area is 151 Å². The third-order valence-corrected chi connectivity index (χ3v) is 4.72. The Balaban J connectivity index is 2.08. The third kappa shape index (κ3) is 4.62. The molecule has 0 radical (unpaired) electrons. The number of nitrogens with one attached hydrogen (secondary N) is 1. The Hall–Kier alpha value is -2.29. The van der Waals surface area contributed by atoms with E-state index in [2.05, 4.69) is 38.2 Å². The molecule has 0 saturated carbocycles. The molecule has 2 atom stereocenters. The number of amides is 1. The summed E-state index contributed by atoms with van der Waals surface area (Å²) in [6.45, 7) is 14.1. The van der Waals surface area contributed by atoms with Crippen LogP contribution < -0.4 is 10.1 Å². The largest absolute Gasteiger partial charge is 0.481 e. The summed E-state index contributed by atoms with van der Waals surface area (Å²) >= 11 is 0. The van der Waals surface area contributed by atoms with Gasteiger partial charge >= 0.3 is 0 Å². The molecule has 0 aliphatic carbocycles. The first-order valence-corrected chi connectivity index (χ1v) is 8.81. The molecule has 0 saturated heterocycles. The quantitative estimate of drug-likeness (QED) is 0.843. The van der Waals surface area contributed by atoms with Crippen molar-refractivity contribution in [1.82, 2.24) is 5.32 Å². The van der Waals surface area contributed by atoms with Crippen molar-refractivity contribution in [2.45, 2.75) is 60.6 Å². The Kier molecular flexibility index (Phi) is 5.89. The zero-order chi connectivity index (χ0) is 18.7. The first-order chi connectivity index (χ1) is 11.7. The molecule has 0 heterocycles. The number of ether oxygens (including phenoxy) is 1. The van der Waals surface area contributed by atoms with Gasteiger partial charge in [0.05, 0.1) is 6.04 Å². The van der Waals surface area contributed by atoms with Gasteiger partial charge in [-0.1, -0.05) is 24.3 Å². The fraction of sp³-hybridized carbons (Fsp3) is 0.409. The smallest absolute Gasteiger partial charge is 0.261 e. The predicted octanol–water partition coefficient (Wildman–Crippen LogP) is 4.87. The first-order valence-electron chi connectivity index (χ1n) is 8.81. The number of benzene rings is 2. The van der Waals surface area contributed by atoms with Gasteiger partial charge in [0.15, 0.2) is 6.10 Å². The maximum atomic E-state index is 12.6. The summed E-state index contributed by atoms with van der Waals surface area (Å²) in [5, 5.41) is 3.07. The van der Waals surface area contributed by atoms with E-state index in [0.29, 0.717) is 0 Å². The second-order valence-electron chi connectivity index (χ2n) is 7.05. The van der Waals surface area contributed by atoms with Gasteiger partial charge in [-0.2, -0.15) is 0 Å². The topological polar surface area (TPSA) is 38.3 Å². The van der Waals surface area contributed by atoms with Crippen LogP contribution in [0.3, 0.4) is 0 Å². The van der Waals surface area contributed by atoms with Crippen LogP contribution in [0, 0.1) is 34.6 Å². The van der Waals surface area contributed by atoms with E-state index >= 15 is 0 Å². The van der Waals surface area contributed by atoms with Gasteiger partial charge in [-0.25, -0.2) is 0 Å². The lowest BCUT2D eigenvalue weighted by Crippen LogP contribution is -2.38. The fourth-order valence-corrected chi connectivity index (χ4v) is 2.94. The summed E-state index contributed by atoms with van der Waals surface area (Å²) in [4.78, 5) is 12.6.